The Balaban J connectivity index is 2.36. The van der Waals surface area contributed by atoms with Gasteiger partial charge in [-0.15, -0.1) is 0 Å². The molecule has 0 saturated carbocycles. The van der Waals surface area contributed by atoms with Crippen LogP contribution in [0.25, 0.3) is 0 Å². The number of carbonyl (C=O) groups excluding carboxylic acids is 2. The zero-order valence-electron chi connectivity index (χ0n) is 7.36. The summed E-state index contributed by atoms with van der Waals surface area (Å²) in [6.45, 7) is 0. The summed E-state index contributed by atoms with van der Waals surface area (Å²) in [5.74, 6) is -0.588. The van der Waals surface area contributed by atoms with Gasteiger partial charge in [-0.05, 0) is 0 Å². The fourth-order valence-electron chi connectivity index (χ4n) is 1.27. The molecule has 4 nitrogen and oxygen atoms in total. The fraction of sp³-hybridized carbons (Fsp3) is 0.100. The summed E-state index contributed by atoms with van der Waals surface area (Å²) in [5, 5.41) is 3.73. The Bertz CT molecular complexity index is 409. The lowest BCUT2D eigenvalue weighted by molar-refractivity contribution is -0.126. The standard InChI is InChI=1S/C10H8N2O2/c13-8-6-9(14)11-12-10(8)7-4-2-1-3-5-7/h1-5H,6H2,(H,11,14). The van der Waals surface area contributed by atoms with E-state index >= 15 is 0 Å². The highest BCUT2D eigenvalue weighted by Crippen LogP contribution is 2.06. The van der Waals surface area contributed by atoms with Gasteiger partial charge in [0.1, 0.15) is 5.71 Å². The van der Waals surface area contributed by atoms with Crippen LogP contribution in [0.15, 0.2) is 35.4 Å². The van der Waals surface area contributed by atoms with Gasteiger partial charge in [0.05, 0.1) is 6.42 Å². The van der Waals surface area contributed by atoms with Crippen molar-refractivity contribution in [2.24, 2.45) is 5.10 Å². The first kappa shape index (κ1) is 8.62. The highest BCUT2D eigenvalue weighted by molar-refractivity contribution is 6.49. The molecule has 1 heterocycles. The van der Waals surface area contributed by atoms with Crippen molar-refractivity contribution < 1.29 is 9.59 Å². The number of Topliss-reactive ketones (excluding diaryl/α,β-unsaturated/α-hetero) is 1. The average Bonchev–Trinajstić information content (AvgIpc) is 2.19. The first-order valence-corrected chi connectivity index (χ1v) is 4.22. The molecule has 0 radical (unpaired) electrons. The molecule has 1 aromatic rings. The van der Waals surface area contributed by atoms with E-state index < -0.39 is 0 Å². The maximum atomic E-state index is 11.4. The summed E-state index contributed by atoms with van der Waals surface area (Å²) in [7, 11) is 0. The smallest absolute Gasteiger partial charge is 0.247 e. The van der Waals surface area contributed by atoms with Crippen LogP contribution in [0, 0.1) is 0 Å². The number of hydrazone groups is 1. The molecule has 0 fully saturated rings. The van der Waals surface area contributed by atoms with Crippen molar-refractivity contribution in [1.29, 1.82) is 0 Å². The van der Waals surface area contributed by atoms with Gasteiger partial charge in [0, 0.05) is 5.56 Å². The van der Waals surface area contributed by atoms with E-state index in [2.05, 4.69) is 10.5 Å². The Morgan fingerprint density at radius 1 is 1.14 bits per heavy atom. The number of hydrogen-bond acceptors (Lipinski definition) is 3. The second-order valence-corrected chi connectivity index (χ2v) is 2.96. The molecule has 0 unspecified atom stereocenters. The topological polar surface area (TPSA) is 58.5 Å². The predicted molar refractivity (Wildman–Crippen MR) is 50.7 cm³/mol. The minimum Gasteiger partial charge on any atom is -0.292 e. The number of benzene rings is 1. The minimum absolute atomic E-state index is 0.117. The summed E-state index contributed by atoms with van der Waals surface area (Å²) in [5.41, 5.74) is 3.35. The maximum Gasteiger partial charge on any atom is 0.247 e. The largest absolute Gasteiger partial charge is 0.292 e. The highest BCUT2D eigenvalue weighted by atomic mass is 16.2. The molecule has 1 amide bonds. The van der Waals surface area contributed by atoms with E-state index in [1.54, 1.807) is 12.1 Å². The summed E-state index contributed by atoms with van der Waals surface area (Å²) >= 11 is 0. The Kier molecular flexibility index (Phi) is 2.10. The summed E-state index contributed by atoms with van der Waals surface area (Å²) in [6.07, 6.45) is -0.117. The first-order chi connectivity index (χ1) is 6.77. The molecule has 2 rings (SSSR count). The van der Waals surface area contributed by atoms with Crippen molar-refractivity contribution in [1.82, 2.24) is 5.43 Å². The van der Waals surface area contributed by atoms with Gasteiger partial charge < -0.3 is 0 Å². The van der Waals surface area contributed by atoms with Gasteiger partial charge in [-0.3, -0.25) is 9.59 Å². The van der Waals surface area contributed by atoms with Crippen LogP contribution in [-0.2, 0) is 9.59 Å². The Labute approximate surface area is 80.6 Å². The van der Waals surface area contributed by atoms with E-state index in [0.29, 0.717) is 5.71 Å². The normalized spacial score (nSPS) is 16.1. The van der Waals surface area contributed by atoms with Crippen LogP contribution in [0.3, 0.4) is 0 Å². The number of hydrogen-bond donors (Lipinski definition) is 1. The maximum absolute atomic E-state index is 11.4. The number of nitrogens with one attached hydrogen (secondary N) is 1. The van der Waals surface area contributed by atoms with Crippen LogP contribution < -0.4 is 5.43 Å². The third-order valence-electron chi connectivity index (χ3n) is 1.92. The molecule has 0 spiro atoms. The van der Waals surface area contributed by atoms with Gasteiger partial charge >= 0.3 is 0 Å². The second kappa shape index (κ2) is 3.41. The van der Waals surface area contributed by atoms with Gasteiger partial charge in [-0.1, -0.05) is 30.3 Å². The third kappa shape index (κ3) is 1.54. The summed E-state index contributed by atoms with van der Waals surface area (Å²) in [4.78, 5) is 22.2. The Morgan fingerprint density at radius 3 is 2.50 bits per heavy atom. The summed E-state index contributed by atoms with van der Waals surface area (Å²) < 4.78 is 0. The van der Waals surface area contributed by atoms with Crippen LogP contribution in [-0.4, -0.2) is 17.4 Å². The van der Waals surface area contributed by atoms with Gasteiger partial charge in [0.15, 0.2) is 5.78 Å². The lowest BCUT2D eigenvalue weighted by Crippen LogP contribution is -2.33. The number of carbonyl (C=O) groups is 2. The molecule has 4 heteroatoms. The predicted octanol–water partition coefficient (Wildman–Crippen LogP) is 0.480. The molecule has 0 bridgehead atoms. The zero-order valence-corrected chi connectivity index (χ0v) is 7.36. The lowest BCUT2D eigenvalue weighted by atomic mass is 10.0. The molecular weight excluding hydrogens is 180 g/mol. The molecule has 1 aliphatic heterocycles. The van der Waals surface area contributed by atoms with Crippen molar-refractivity contribution in [2.45, 2.75) is 6.42 Å². The number of nitrogens with zero attached hydrogens (tertiary/aromatic N) is 1. The molecule has 1 aliphatic rings. The molecule has 1 aromatic carbocycles. The van der Waals surface area contributed by atoms with Crippen LogP contribution in [0.1, 0.15) is 12.0 Å². The monoisotopic (exact) mass is 188 g/mol. The van der Waals surface area contributed by atoms with Gasteiger partial charge in [-0.2, -0.15) is 5.10 Å². The molecule has 0 aliphatic carbocycles. The number of ketones is 1. The zero-order chi connectivity index (χ0) is 9.97. The quantitative estimate of drug-likeness (QED) is 0.651. The van der Waals surface area contributed by atoms with Gasteiger partial charge in [0.2, 0.25) is 5.91 Å². The third-order valence-corrected chi connectivity index (χ3v) is 1.92. The van der Waals surface area contributed by atoms with Gasteiger partial charge in [-0.25, -0.2) is 5.43 Å². The number of rotatable bonds is 1. The Hall–Kier alpha value is -1.97. The van der Waals surface area contributed by atoms with Gasteiger partial charge in [0.25, 0.3) is 0 Å². The molecule has 1 N–H and O–H groups in total. The molecule has 0 atom stereocenters. The van der Waals surface area contributed by atoms with Crippen molar-refractivity contribution in [3.05, 3.63) is 35.9 Å². The van der Waals surface area contributed by atoms with Crippen molar-refractivity contribution >= 4 is 17.4 Å². The van der Waals surface area contributed by atoms with Crippen LogP contribution >= 0.6 is 0 Å². The van der Waals surface area contributed by atoms with E-state index in [9.17, 15) is 9.59 Å². The first-order valence-electron chi connectivity index (χ1n) is 4.22. The average molecular weight is 188 g/mol. The molecular formula is C10H8N2O2. The molecule has 0 aromatic heterocycles. The van der Waals surface area contributed by atoms with E-state index in [-0.39, 0.29) is 18.1 Å². The summed E-state index contributed by atoms with van der Waals surface area (Å²) in [6, 6.07) is 9.07. The van der Waals surface area contributed by atoms with Crippen LogP contribution in [0.5, 0.6) is 0 Å². The van der Waals surface area contributed by atoms with Crippen molar-refractivity contribution in [3.8, 4) is 0 Å². The molecule has 70 valence electrons. The van der Waals surface area contributed by atoms with E-state index in [4.69, 9.17) is 0 Å². The lowest BCUT2D eigenvalue weighted by Gasteiger charge is -2.10. The minimum atomic E-state index is -0.352. The molecule has 0 saturated heterocycles. The van der Waals surface area contributed by atoms with Crippen molar-refractivity contribution in [3.63, 3.8) is 0 Å². The number of amides is 1. The fourth-order valence-corrected chi connectivity index (χ4v) is 1.27. The van der Waals surface area contributed by atoms with E-state index in [0.717, 1.165) is 5.56 Å². The van der Waals surface area contributed by atoms with E-state index in [1.807, 2.05) is 18.2 Å². The van der Waals surface area contributed by atoms with Crippen molar-refractivity contribution in [2.75, 3.05) is 0 Å². The Morgan fingerprint density at radius 2 is 1.86 bits per heavy atom. The van der Waals surface area contributed by atoms with Crippen LogP contribution in [0.2, 0.25) is 0 Å². The van der Waals surface area contributed by atoms with E-state index in [1.165, 1.54) is 0 Å². The second-order valence-electron chi connectivity index (χ2n) is 2.96. The molecule has 14 heavy (non-hydrogen) atoms. The van der Waals surface area contributed by atoms with Crippen LogP contribution in [0.4, 0.5) is 0 Å². The highest BCUT2D eigenvalue weighted by Gasteiger charge is 2.21. The SMILES string of the molecule is O=C1CC(=O)C(c2ccccc2)=NN1.